The highest BCUT2D eigenvalue weighted by Crippen LogP contribution is 2.13. The first-order chi connectivity index (χ1) is 7.82. The molecule has 1 aliphatic rings. The molecular formula is C8H11F3N4O2. The summed E-state index contributed by atoms with van der Waals surface area (Å²) in [5, 5.41) is 18.2. The zero-order valence-corrected chi connectivity index (χ0v) is 8.90. The van der Waals surface area contributed by atoms with Crippen molar-refractivity contribution in [1.82, 2.24) is 20.1 Å². The quantitative estimate of drug-likeness (QED) is 0.705. The Morgan fingerprint density at radius 1 is 1.65 bits per heavy atom. The molecule has 96 valence electrons. The first-order valence-electron chi connectivity index (χ1n) is 4.73. The number of rotatable bonds is 0. The summed E-state index contributed by atoms with van der Waals surface area (Å²) in [6, 6.07) is 0.358. The van der Waals surface area contributed by atoms with Crippen molar-refractivity contribution in [2.75, 3.05) is 6.54 Å². The van der Waals surface area contributed by atoms with Crippen LogP contribution in [0, 0.1) is 0 Å². The minimum Gasteiger partial charge on any atom is -0.475 e. The highest BCUT2D eigenvalue weighted by Gasteiger charge is 2.38. The van der Waals surface area contributed by atoms with Crippen LogP contribution in [0.1, 0.15) is 18.8 Å². The first-order valence-corrected chi connectivity index (χ1v) is 4.73. The number of nitrogens with one attached hydrogen (secondary N) is 1. The Kier molecular flexibility index (Phi) is 4.05. The number of hydrogen-bond donors (Lipinski definition) is 2. The van der Waals surface area contributed by atoms with E-state index in [0.29, 0.717) is 6.04 Å². The van der Waals surface area contributed by atoms with Gasteiger partial charge in [-0.25, -0.2) is 4.79 Å². The lowest BCUT2D eigenvalue weighted by Crippen LogP contribution is -2.31. The van der Waals surface area contributed by atoms with Gasteiger partial charge < -0.3 is 15.0 Å². The second-order valence-electron chi connectivity index (χ2n) is 3.36. The molecule has 6 nitrogen and oxygen atoms in total. The summed E-state index contributed by atoms with van der Waals surface area (Å²) in [4.78, 5) is 8.90. The maximum Gasteiger partial charge on any atom is 0.490 e. The summed E-state index contributed by atoms with van der Waals surface area (Å²) < 4.78 is 33.8. The van der Waals surface area contributed by atoms with Crippen LogP contribution in [0.2, 0.25) is 0 Å². The molecule has 1 aliphatic heterocycles. The van der Waals surface area contributed by atoms with Crippen LogP contribution in [0.25, 0.3) is 0 Å². The lowest BCUT2D eigenvalue weighted by molar-refractivity contribution is -0.192. The second kappa shape index (κ2) is 5.13. The summed E-state index contributed by atoms with van der Waals surface area (Å²) in [6.45, 7) is 4.11. The largest absolute Gasteiger partial charge is 0.490 e. The van der Waals surface area contributed by atoms with Gasteiger partial charge in [-0.2, -0.15) is 13.2 Å². The number of nitrogens with zero attached hydrogens (tertiary/aromatic N) is 3. The summed E-state index contributed by atoms with van der Waals surface area (Å²) in [6.07, 6.45) is -3.30. The highest BCUT2D eigenvalue weighted by molar-refractivity contribution is 5.73. The summed E-state index contributed by atoms with van der Waals surface area (Å²) in [5.41, 5.74) is 0. The molecule has 0 bridgehead atoms. The average molecular weight is 252 g/mol. The van der Waals surface area contributed by atoms with Gasteiger partial charge in [-0.3, -0.25) is 0 Å². The Bertz CT molecular complexity index is 390. The van der Waals surface area contributed by atoms with Crippen LogP contribution in [0.15, 0.2) is 6.33 Å². The third-order valence-electron chi connectivity index (χ3n) is 2.08. The summed E-state index contributed by atoms with van der Waals surface area (Å²) >= 11 is 0. The van der Waals surface area contributed by atoms with Crippen molar-refractivity contribution < 1.29 is 23.1 Å². The standard InChI is InChI=1S/C6H10N4.C2HF3O2/c1-5-6-9-8-4-10(6)3-2-7-5;3-2(4,5)1(6)7/h4-5,7H,2-3H2,1H3;(H,6,7)/t5-;/m1./s1. The number of hydrogen-bond acceptors (Lipinski definition) is 4. The topological polar surface area (TPSA) is 80.0 Å². The smallest absolute Gasteiger partial charge is 0.475 e. The summed E-state index contributed by atoms with van der Waals surface area (Å²) in [5.74, 6) is -1.71. The number of carboxylic acid groups (broad SMARTS) is 1. The number of fused-ring (bicyclic) bond motifs is 1. The Morgan fingerprint density at radius 3 is 2.71 bits per heavy atom. The van der Waals surface area contributed by atoms with Gasteiger partial charge in [-0.15, -0.1) is 10.2 Å². The summed E-state index contributed by atoms with van der Waals surface area (Å²) in [7, 11) is 0. The van der Waals surface area contributed by atoms with Gasteiger partial charge in [0.25, 0.3) is 0 Å². The molecule has 2 rings (SSSR count). The molecule has 0 amide bonds. The molecule has 2 N–H and O–H groups in total. The molecule has 9 heteroatoms. The van der Waals surface area contributed by atoms with Gasteiger partial charge >= 0.3 is 12.1 Å². The minimum atomic E-state index is -5.08. The average Bonchev–Trinajstić information content (AvgIpc) is 2.66. The van der Waals surface area contributed by atoms with Gasteiger partial charge in [0, 0.05) is 13.1 Å². The molecule has 17 heavy (non-hydrogen) atoms. The highest BCUT2D eigenvalue weighted by atomic mass is 19.4. The van der Waals surface area contributed by atoms with Crippen molar-refractivity contribution in [2.45, 2.75) is 25.7 Å². The van der Waals surface area contributed by atoms with Gasteiger partial charge in [-0.05, 0) is 6.92 Å². The zero-order chi connectivity index (χ0) is 13.1. The number of aliphatic carboxylic acids is 1. The molecule has 0 saturated carbocycles. The van der Waals surface area contributed by atoms with Crippen molar-refractivity contribution in [3.8, 4) is 0 Å². The lowest BCUT2D eigenvalue weighted by atomic mass is 10.2. The van der Waals surface area contributed by atoms with E-state index < -0.39 is 12.1 Å². The van der Waals surface area contributed by atoms with E-state index in [-0.39, 0.29) is 0 Å². The molecular weight excluding hydrogens is 241 g/mol. The molecule has 1 atom stereocenters. The van der Waals surface area contributed by atoms with Crippen molar-refractivity contribution in [2.24, 2.45) is 0 Å². The fraction of sp³-hybridized carbons (Fsp3) is 0.625. The predicted molar refractivity (Wildman–Crippen MR) is 50.1 cm³/mol. The number of aromatic nitrogens is 3. The lowest BCUT2D eigenvalue weighted by Gasteiger charge is -2.19. The SMILES string of the molecule is C[C@H]1NCCn2cnnc21.O=C(O)C(F)(F)F. The van der Waals surface area contributed by atoms with E-state index >= 15 is 0 Å². The third-order valence-corrected chi connectivity index (χ3v) is 2.08. The van der Waals surface area contributed by atoms with E-state index in [0.717, 1.165) is 18.9 Å². The van der Waals surface area contributed by atoms with Crippen LogP contribution in [-0.2, 0) is 11.3 Å². The van der Waals surface area contributed by atoms with Crippen molar-refractivity contribution in [1.29, 1.82) is 0 Å². The van der Waals surface area contributed by atoms with Crippen molar-refractivity contribution >= 4 is 5.97 Å². The Hall–Kier alpha value is -1.64. The molecule has 0 radical (unpaired) electrons. The van der Waals surface area contributed by atoms with E-state index in [1.807, 2.05) is 0 Å². The van der Waals surface area contributed by atoms with Crippen LogP contribution in [-0.4, -0.2) is 38.6 Å². The van der Waals surface area contributed by atoms with E-state index in [9.17, 15) is 13.2 Å². The van der Waals surface area contributed by atoms with Crippen LogP contribution in [0.4, 0.5) is 13.2 Å². The van der Waals surface area contributed by atoms with Crippen LogP contribution in [0.3, 0.4) is 0 Å². The Morgan fingerprint density at radius 2 is 2.24 bits per heavy atom. The van der Waals surface area contributed by atoms with Gasteiger partial charge in [-0.1, -0.05) is 0 Å². The van der Waals surface area contributed by atoms with Gasteiger partial charge in [0.05, 0.1) is 6.04 Å². The van der Waals surface area contributed by atoms with Crippen molar-refractivity contribution in [3.05, 3.63) is 12.2 Å². The molecule has 0 unspecified atom stereocenters. The maximum absolute atomic E-state index is 10.6. The number of carboxylic acids is 1. The van der Waals surface area contributed by atoms with Gasteiger partial charge in [0.2, 0.25) is 0 Å². The second-order valence-corrected chi connectivity index (χ2v) is 3.36. The van der Waals surface area contributed by atoms with E-state index in [4.69, 9.17) is 9.90 Å². The number of alkyl halides is 3. The molecule has 2 heterocycles. The van der Waals surface area contributed by atoms with Crippen LogP contribution >= 0.6 is 0 Å². The first kappa shape index (κ1) is 13.4. The molecule has 0 spiro atoms. The van der Waals surface area contributed by atoms with Gasteiger partial charge in [0.15, 0.2) is 0 Å². The fourth-order valence-corrected chi connectivity index (χ4v) is 1.26. The van der Waals surface area contributed by atoms with E-state index in [2.05, 4.69) is 27.0 Å². The van der Waals surface area contributed by atoms with Crippen LogP contribution < -0.4 is 5.32 Å². The molecule has 0 aromatic carbocycles. The van der Waals surface area contributed by atoms with Gasteiger partial charge in [0.1, 0.15) is 12.2 Å². The minimum absolute atomic E-state index is 0.358. The zero-order valence-electron chi connectivity index (χ0n) is 8.90. The van der Waals surface area contributed by atoms with E-state index in [1.165, 1.54) is 0 Å². The van der Waals surface area contributed by atoms with Crippen LogP contribution in [0.5, 0.6) is 0 Å². The molecule has 1 aromatic heterocycles. The normalized spacial score (nSPS) is 18.9. The molecule has 0 aliphatic carbocycles. The third kappa shape index (κ3) is 3.70. The fourth-order valence-electron chi connectivity index (χ4n) is 1.26. The van der Waals surface area contributed by atoms with E-state index in [1.54, 1.807) is 6.33 Å². The van der Waals surface area contributed by atoms with Crippen molar-refractivity contribution in [3.63, 3.8) is 0 Å². The molecule has 0 saturated heterocycles. The Labute approximate surface area is 94.5 Å². The number of carbonyl (C=O) groups is 1. The predicted octanol–water partition coefficient (Wildman–Crippen LogP) is 0.576. The Balaban J connectivity index is 0.000000185. The maximum atomic E-state index is 10.6. The molecule has 0 fully saturated rings. The molecule has 1 aromatic rings. The number of halogens is 3. The monoisotopic (exact) mass is 252 g/mol.